The molecule has 0 aliphatic carbocycles. The minimum Gasteiger partial charge on any atom is -0.497 e. The summed E-state index contributed by atoms with van der Waals surface area (Å²) in [5, 5.41) is 10.6. The number of rotatable bonds is 9. The summed E-state index contributed by atoms with van der Waals surface area (Å²) < 4.78 is 16.0. The molecular formula is C28H23N3O4S. The molecule has 0 aliphatic heterocycles. The molecule has 4 rings (SSSR count). The SMILES string of the molecule is COc1ccc(C(=O)CSc2nc(-c3cccnc3)cc(-c3ccc(OC)c(OC)c3)c2C#N)cc1. The highest BCUT2D eigenvalue weighted by Crippen LogP contribution is 2.38. The Morgan fingerprint density at radius 1 is 0.944 bits per heavy atom. The van der Waals surface area contributed by atoms with Crippen LogP contribution in [-0.4, -0.2) is 42.8 Å². The average Bonchev–Trinajstić information content (AvgIpc) is 2.95. The van der Waals surface area contributed by atoms with Gasteiger partial charge < -0.3 is 14.2 Å². The van der Waals surface area contributed by atoms with E-state index in [1.165, 1.54) is 11.8 Å². The molecule has 2 heterocycles. The standard InChI is InChI=1S/C28H23N3O4S/c1-33-21-9-6-18(7-10-21)25(32)17-36-28-23(15-29)22(14-24(31-28)20-5-4-12-30-16-20)19-8-11-26(34-2)27(13-19)35-3/h4-14,16H,17H2,1-3H3. The van der Waals surface area contributed by atoms with E-state index in [0.29, 0.717) is 44.7 Å². The molecule has 0 amide bonds. The second kappa shape index (κ2) is 11.4. The molecule has 4 aromatic rings. The fourth-order valence-corrected chi connectivity index (χ4v) is 4.52. The van der Waals surface area contributed by atoms with Crippen molar-refractivity contribution in [3.8, 4) is 45.7 Å². The van der Waals surface area contributed by atoms with Crippen LogP contribution in [0, 0.1) is 11.3 Å². The van der Waals surface area contributed by atoms with Crippen molar-refractivity contribution < 1.29 is 19.0 Å². The van der Waals surface area contributed by atoms with Crippen LogP contribution in [0.4, 0.5) is 0 Å². The quantitative estimate of drug-likeness (QED) is 0.215. The third-order valence-corrected chi connectivity index (χ3v) is 6.48. The number of thioether (sulfide) groups is 1. The molecule has 0 unspecified atom stereocenters. The largest absolute Gasteiger partial charge is 0.497 e. The van der Waals surface area contributed by atoms with Crippen LogP contribution in [0.5, 0.6) is 17.2 Å². The molecule has 8 heteroatoms. The Bertz CT molecular complexity index is 1420. The topological polar surface area (TPSA) is 94.3 Å². The smallest absolute Gasteiger partial charge is 0.173 e. The first-order valence-corrected chi connectivity index (χ1v) is 11.9. The third kappa shape index (κ3) is 5.32. The van der Waals surface area contributed by atoms with Crippen molar-refractivity contribution in [1.29, 1.82) is 5.26 Å². The van der Waals surface area contributed by atoms with E-state index >= 15 is 0 Å². The minimum absolute atomic E-state index is 0.0761. The van der Waals surface area contributed by atoms with Crippen molar-refractivity contribution in [3.05, 3.63) is 84.2 Å². The van der Waals surface area contributed by atoms with Gasteiger partial charge in [-0.3, -0.25) is 9.78 Å². The zero-order chi connectivity index (χ0) is 25.5. The van der Waals surface area contributed by atoms with Crippen molar-refractivity contribution in [3.63, 3.8) is 0 Å². The maximum atomic E-state index is 12.9. The zero-order valence-corrected chi connectivity index (χ0v) is 20.8. The first kappa shape index (κ1) is 24.8. The summed E-state index contributed by atoms with van der Waals surface area (Å²) in [7, 11) is 4.71. The normalized spacial score (nSPS) is 10.4. The van der Waals surface area contributed by atoms with Gasteiger partial charge in [0.2, 0.25) is 0 Å². The van der Waals surface area contributed by atoms with E-state index in [4.69, 9.17) is 19.2 Å². The number of hydrogen-bond donors (Lipinski definition) is 0. The zero-order valence-electron chi connectivity index (χ0n) is 20.0. The Morgan fingerprint density at radius 3 is 2.36 bits per heavy atom. The molecular weight excluding hydrogens is 474 g/mol. The summed E-state index contributed by atoms with van der Waals surface area (Å²) in [5.74, 6) is 1.85. The molecule has 2 aromatic heterocycles. The van der Waals surface area contributed by atoms with Gasteiger partial charge in [0.25, 0.3) is 0 Å². The summed E-state index contributed by atoms with van der Waals surface area (Å²) in [5.41, 5.74) is 3.82. The van der Waals surface area contributed by atoms with E-state index in [0.717, 1.165) is 11.1 Å². The van der Waals surface area contributed by atoms with Crippen molar-refractivity contribution in [2.75, 3.05) is 27.1 Å². The molecule has 2 aromatic carbocycles. The Balaban J connectivity index is 1.76. The van der Waals surface area contributed by atoms with Crippen LogP contribution in [0.3, 0.4) is 0 Å². The fourth-order valence-electron chi connectivity index (χ4n) is 3.62. The van der Waals surface area contributed by atoms with Gasteiger partial charge in [-0.25, -0.2) is 4.98 Å². The fraction of sp³-hybridized carbons (Fsp3) is 0.143. The molecule has 0 bridgehead atoms. The highest BCUT2D eigenvalue weighted by Gasteiger charge is 2.19. The number of methoxy groups -OCH3 is 3. The highest BCUT2D eigenvalue weighted by molar-refractivity contribution is 8.00. The van der Waals surface area contributed by atoms with Crippen LogP contribution in [-0.2, 0) is 0 Å². The number of carbonyl (C=O) groups excluding carboxylic acids is 1. The van der Waals surface area contributed by atoms with Crippen LogP contribution in [0.25, 0.3) is 22.4 Å². The monoisotopic (exact) mass is 497 g/mol. The molecule has 0 saturated carbocycles. The van der Waals surface area contributed by atoms with Gasteiger partial charge in [-0.1, -0.05) is 17.8 Å². The van der Waals surface area contributed by atoms with Crippen LogP contribution < -0.4 is 14.2 Å². The number of aromatic nitrogens is 2. The molecule has 0 spiro atoms. The first-order chi connectivity index (χ1) is 17.6. The number of carbonyl (C=O) groups is 1. The van der Waals surface area contributed by atoms with E-state index in [9.17, 15) is 10.1 Å². The van der Waals surface area contributed by atoms with Gasteiger partial charge in [0, 0.05) is 29.1 Å². The Morgan fingerprint density at radius 2 is 1.72 bits per heavy atom. The Kier molecular flexibility index (Phi) is 7.83. The van der Waals surface area contributed by atoms with Gasteiger partial charge in [0.05, 0.1) is 38.3 Å². The van der Waals surface area contributed by atoms with Gasteiger partial charge >= 0.3 is 0 Å². The second-order valence-corrected chi connectivity index (χ2v) is 8.56. The van der Waals surface area contributed by atoms with Crippen molar-refractivity contribution in [2.24, 2.45) is 0 Å². The molecule has 7 nitrogen and oxygen atoms in total. The molecule has 0 fully saturated rings. The van der Waals surface area contributed by atoms with E-state index in [1.54, 1.807) is 64.1 Å². The van der Waals surface area contributed by atoms with Gasteiger partial charge in [-0.15, -0.1) is 0 Å². The molecule has 0 atom stereocenters. The summed E-state index contributed by atoms with van der Waals surface area (Å²) in [6.45, 7) is 0. The highest BCUT2D eigenvalue weighted by atomic mass is 32.2. The third-order valence-electron chi connectivity index (χ3n) is 5.50. The molecule has 0 saturated heterocycles. The molecule has 180 valence electrons. The van der Waals surface area contributed by atoms with Gasteiger partial charge in [0.15, 0.2) is 17.3 Å². The van der Waals surface area contributed by atoms with Crippen molar-refractivity contribution in [2.45, 2.75) is 5.03 Å². The van der Waals surface area contributed by atoms with E-state index in [1.807, 2.05) is 30.3 Å². The lowest BCUT2D eigenvalue weighted by Gasteiger charge is -2.14. The number of ketones is 1. The Hall–Kier alpha value is -4.35. The van der Waals surface area contributed by atoms with Crippen LogP contribution in [0.2, 0.25) is 0 Å². The van der Waals surface area contributed by atoms with Crippen LogP contribution in [0.1, 0.15) is 15.9 Å². The number of pyridine rings is 2. The summed E-state index contributed by atoms with van der Waals surface area (Å²) in [6.07, 6.45) is 3.40. The molecule has 36 heavy (non-hydrogen) atoms. The maximum Gasteiger partial charge on any atom is 0.173 e. The first-order valence-electron chi connectivity index (χ1n) is 11.0. The predicted octanol–water partition coefficient (Wildman–Crippen LogP) is 5.68. The predicted molar refractivity (Wildman–Crippen MR) is 139 cm³/mol. The lowest BCUT2D eigenvalue weighted by atomic mass is 9.99. The number of hydrogen-bond acceptors (Lipinski definition) is 8. The average molecular weight is 498 g/mol. The summed E-state index contributed by atoms with van der Waals surface area (Å²) in [4.78, 5) is 21.8. The van der Waals surface area contributed by atoms with Gasteiger partial charge in [-0.2, -0.15) is 5.26 Å². The summed E-state index contributed by atoms with van der Waals surface area (Å²) in [6, 6.07) is 20.3. The van der Waals surface area contributed by atoms with Gasteiger partial charge in [0.1, 0.15) is 16.8 Å². The molecule has 0 N–H and O–H groups in total. The molecule has 0 radical (unpaired) electrons. The number of nitrogens with zero attached hydrogens (tertiary/aromatic N) is 3. The lowest BCUT2D eigenvalue weighted by Crippen LogP contribution is -2.04. The Labute approximate surface area is 213 Å². The van der Waals surface area contributed by atoms with Gasteiger partial charge in [-0.05, 0) is 60.2 Å². The number of ether oxygens (including phenoxy) is 3. The number of nitriles is 1. The summed E-state index contributed by atoms with van der Waals surface area (Å²) >= 11 is 1.23. The minimum atomic E-state index is -0.0761. The van der Waals surface area contributed by atoms with Crippen molar-refractivity contribution in [1.82, 2.24) is 9.97 Å². The number of benzene rings is 2. The van der Waals surface area contributed by atoms with E-state index in [-0.39, 0.29) is 11.5 Å². The number of Topliss-reactive ketones (excluding diaryl/α,β-unsaturated/α-hetero) is 1. The lowest BCUT2D eigenvalue weighted by molar-refractivity contribution is 0.102. The second-order valence-electron chi connectivity index (χ2n) is 7.60. The van der Waals surface area contributed by atoms with E-state index < -0.39 is 0 Å². The van der Waals surface area contributed by atoms with Crippen molar-refractivity contribution >= 4 is 17.5 Å². The van der Waals surface area contributed by atoms with Crippen LogP contribution >= 0.6 is 11.8 Å². The van der Waals surface area contributed by atoms with E-state index in [2.05, 4.69) is 11.1 Å². The maximum absolute atomic E-state index is 12.9. The molecule has 0 aliphatic rings. The van der Waals surface area contributed by atoms with Crippen LogP contribution in [0.15, 0.2) is 78.1 Å².